The highest BCUT2D eigenvalue weighted by atomic mass is 19.1. The van der Waals surface area contributed by atoms with E-state index in [-0.39, 0.29) is 25.1 Å². The van der Waals surface area contributed by atoms with Crippen LogP contribution in [0.2, 0.25) is 0 Å². The van der Waals surface area contributed by atoms with Crippen LogP contribution in [0.4, 0.5) is 20.3 Å². The number of carbonyl (C=O) groups is 1. The molecule has 122 valence electrons. The van der Waals surface area contributed by atoms with E-state index in [1.807, 2.05) is 0 Å². The zero-order valence-corrected chi connectivity index (χ0v) is 12.0. The van der Waals surface area contributed by atoms with E-state index in [9.17, 15) is 23.7 Å². The fourth-order valence-corrected chi connectivity index (χ4v) is 2.60. The fraction of sp³-hybridized carbons (Fsp3) is 0.667. The van der Waals surface area contributed by atoms with Gasteiger partial charge in [-0.2, -0.15) is 5.10 Å². The van der Waals surface area contributed by atoms with Gasteiger partial charge in [0.25, 0.3) is 5.91 Å². The Kier molecular flexibility index (Phi) is 4.88. The highest BCUT2D eigenvalue weighted by Crippen LogP contribution is 2.29. The van der Waals surface area contributed by atoms with Gasteiger partial charge in [0, 0.05) is 20.1 Å². The minimum Gasteiger partial charge on any atom is -0.351 e. The lowest BCUT2D eigenvalue weighted by atomic mass is 10.1. The molecule has 2 unspecified atom stereocenters. The summed E-state index contributed by atoms with van der Waals surface area (Å²) in [6.45, 7) is -0.637. The van der Waals surface area contributed by atoms with Gasteiger partial charge in [0.1, 0.15) is 12.4 Å². The van der Waals surface area contributed by atoms with E-state index >= 15 is 0 Å². The summed E-state index contributed by atoms with van der Waals surface area (Å²) in [5, 5.41) is 17.2. The lowest BCUT2D eigenvalue weighted by Gasteiger charge is -2.21. The fourth-order valence-electron chi connectivity index (χ4n) is 2.60. The maximum atomic E-state index is 14.1. The number of alkyl halides is 2. The summed E-state index contributed by atoms with van der Waals surface area (Å²) in [4.78, 5) is 23.2. The van der Waals surface area contributed by atoms with Gasteiger partial charge in [-0.25, -0.2) is 13.5 Å². The zero-order chi connectivity index (χ0) is 16.3. The van der Waals surface area contributed by atoms with Crippen LogP contribution >= 0.6 is 0 Å². The molecule has 2 atom stereocenters. The van der Waals surface area contributed by atoms with Crippen molar-refractivity contribution in [3.05, 3.63) is 16.3 Å². The lowest BCUT2D eigenvalue weighted by Crippen LogP contribution is -2.42. The van der Waals surface area contributed by atoms with E-state index in [1.54, 1.807) is 11.9 Å². The molecule has 0 bridgehead atoms. The number of rotatable bonds is 4. The largest absolute Gasteiger partial charge is 0.351 e. The number of aryl methyl sites for hydroxylation is 1. The van der Waals surface area contributed by atoms with Crippen LogP contribution < -0.4 is 10.2 Å². The highest BCUT2D eigenvalue weighted by molar-refractivity contribution is 5.77. The van der Waals surface area contributed by atoms with Crippen LogP contribution in [0, 0.1) is 10.1 Å². The number of nitro groups is 1. The van der Waals surface area contributed by atoms with Crippen LogP contribution in [0.15, 0.2) is 6.20 Å². The molecule has 0 aromatic carbocycles. The van der Waals surface area contributed by atoms with Crippen LogP contribution in [0.1, 0.15) is 12.8 Å². The number of nitrogens with zero attached hydrogens (tertiary/aromatic N) is 4. The minimum absolute atomic E-state index is 0.0829. The number of anilines is 1. The Morgan fingerprint density at radius 1 is 1.55 bits per heavy atom. The van der Waals surface area contributed by atoms with E-state index in [4.69, 9.17) is 0 Å². The van der Waals surface area contributed by atoms with Crippen molar-refractivity contribution >= 4 is 17.4 Å². The summed E-state index contributed by atoms with van der Waals surface area (Å²) < 4.78 is 27.7. The van der Waals surface area contributed by atoms with Gasteiger partial charge < -0.3 is 10.2 Å². The summed E-state index contributed by atoms with van der Waals surface area (Å²) in [5.74, 6) is -0.553. The number of hydrogen-bond donors (Lipinski definition) is 1. The molecular formula is C12H17F2N5O3. The van der Waals surface area contributed by atoms with Gasteiger partial charge in [-0.05, 0) is 12.8 Å². The Hall–Kier alpha value is -2.26. The van der Waals surface area contributed by atoms with Gasteiger partial charge >= 0.3 is 5.69 Å². The number of nitrogens with one attached hydrogen (secondary N) is 1. The Morgan fingerprint density at radius 2 is 2.23 bits per heavy atom. The zero-order valence-electron chi connectivity index (χ0n) is 12.0. The molecular weight excluding hydrogens is 300 g/mol. The number of amides is 1. The molecule has 1 saturated heterocycles. The monoisotopic (exact) mass is 317 g/mol. The Labute approximate surface area is 125 Å². The predicted octanol–water partition coefficient (Wildman–Crippen LogP) is 0.721. The van der Waals surface area contributed by atoms with E-state index in [0.29, 0.717) is 12.4 Å². The third-order valence-corrected chi connectivity index (χ3v) is 3.67. The lowest BCUT2D eigenvalue weighted by molar-refractivity contribution is -0.384. The molecule has 1 aliphatic heterocycles. The molecule has 22 heavy (non-hydrogen) atoms. The van der Waals surface area contributed by atoms with E-state index < -0.39 is 29.7 Å². The molecule has 1 N–H and O–H groups in total. The molecule has 0 spiro atoms. The van der Waals surface area contributed by atoms with Gasteiger partial charge in [-0.1, -0.05) is 0 Å². The molecule has 0 radical (unpaired) electrons. The predicted molar refractivity (Wildman–Crippen MR) is 74.1 cm³/mol. The second-order valence-corrected chi connectivity index (χ2v) is 5.12. The first kappa shape index (κ1) is 16.1. The summed E-state index contributed by atoms with van der Waals surface area (Å²) in [7, 11) is 1.57. The van der Waals surface area contributed by atoms with Crippen molar-refractivity contribution in [2.45, 2.75) is 25.1 Å². The quantitative estimate of drug-likeness (QED) is 0.652. The second-order valence-electron chi connectivity index (χ2n) is 5.12. The third kappa shape index (κ3) is 3.31. The first-order valence-electron chi connectivity index (χ1n) is 6.84. The Bertz CT molecular complexity index is 565. The molecule has 0 saturated carbocycles. The number of aromatic nitrogens is 2. The van der Waals surface area contributed by atoms with Crippen LogP contribution in [-0.4, -0.2) is 52.6 Å². The van der Waals surface area contributed by atoms with Crippen LogP contribution in [0.25, 0.3) is 0 Å². The van der Waals surface area contributed by atoms with Crippen molar-refractivity contribution in [2.24, 2.45) is 7.05 Å². The summed E-state index contributed by atoms with van der Waals surface area (Å²) in [6.07, 6.45) is 0.136. The summed E-state index contributed by atoms with van der Waals surface area (Å²) in [5.41, 5.74) is -0.149. The molecule has 1 amide bonds. The molecule has 2 heterocycles. The Morgan fingerprint density at radius 3 is 2.86 bits per heavy atom. The standard InChI is InChI=1S/C12H17F2N5O3/c1-17-12(10(7-15-17)19(21)22)18-4-2-8(14)9(3-5-18)16-11(20)6-13/h7-9H,2-6H2,1H3,(H,16,20). The molecule has 2 rings (SSSR count). The average Bonchev–Trinajstić information content (AvgIpc) is 2.78. The first-order chi connectivity index (χ1) is 10.4. The smallest absolute Gasteiger partial charge is 0.331 e. The Balaban J connectivity index is 2.14. The van der Waals surface area contributed by atoms with Crippen molar-refractivity contribution in [3.63, 3.8) is 0 Å². The molecule has 8 nitrogen and oxygen atoms in total. The number of carbonyl (C=O) groups excluding carboxylic acids is 1. The third-order valence-electron chi connectivity index (χ3n) is 3.67. The first-order valence-corrected chi connectivity index (χ1v) is 6.84. The minimum atomic E-state index is -1.33. The molecule has 1 aliphatic rings. The van der Waals surface area contributed by atoms with Gasteiger partial charge in [-0.3, -0.25) is 14.9 Å². The molecule has 1 fully saturated rings. The normalized spacial score (nSPS) is 22.2. The van der Waals surface area contributed by atoms with Crippen molar-refractivity contribution in [3.8, 4) is 0 Å². The van der Waals surface area contributed by atoms with Crippen LogP contribution in [0.5, 0.6) is 0 Å². The van der Waals surface area contributed by atoms with E-state index in [2.05, 4.69) is 10.4 Å². The average molecular weight is 317 g/mol. The summed E-state index contributed by atoms with van der Waals surface area (Å²) >= 11 is 0. The number of halogens is 2. The van der Waals surface area contributed by atoms with Gasteiger partial charge in [0.2, 0.25) is 5.82 Å². The van der Waals surface area contributed by atoms with Crippen molar-refractivity contribution < 1.29 is 18.5 Å². The number of hydrogen-bond acceptors (Lipinski definition) is 5. The van der Waals surface area contributed by atoms with Crippen LogP contribution in [-0.2, 0) is 11.8 Å². The van der Waals surface area contributed by atoms with Crippen molar-refractivity contribution in [1.29, 1.82) is 0 Å². The molecule has 10 heteroatoms. The summed E-state index contributed by atoms with van der Waals surface area (Å²) in [6, 6.07) is -0.791. The highest BCUT2D eigenvalue weighted by Gasteiger charge is 2.31. The van der Waals surface area contributed by atoms with Gasteiger partial charge in [0.15, 0.2) is 6.67 Å². The SMILES string of the molecule is Cn1ncc([N+](=O)[O-])c1N1CCC(F)C(NC(=O)CF)CC1. The topological polar surface area (TPSA) is 93.3 Å². The van der Waals surface area contributed by atoms with Crippen LogP contribution in [0.3, 0.4) is 0 Å². The van der Waals surface area contributed by atoms with Gasteiger partial charge in [0.05, 0.1) is 11.0 Å². The molecule has 0 aliphatic carbocycles. The maximum Gasteiger partial charge on any atom is 0.331 e. The van der Waals surface area contributed by atoms with E-state index in [1.165, 1.54) is 4.68 Å². The second kappa shape index (κ2) is 6.67. The van der Waals surface area contributed by atoms with E-state index in [0.717, 1.165) is 6.20 Å². The maximum absolute atomic E-state index is 14.1. The van der Waals surface area contributed by atoms with Crippen molar-refractivity contribution in [1.82, 2.24) is 15.1 Å². The molecule has 1 aromatic heterocycles. The van der Waals surface area contributed by atoms with Crippen molar-refractivity contribution in [2.75, 3.05) is 24.7 Å². The molecule has 1 aromatic rings. The van der Waals surface area contributed by atoms with Gasteiger partial charge in [-0.15, -0.1) is 0 Å².